The zero-order valence-electron chi connectivity index (χ0n) is 13.6. The first-order chi connectivity index (χ1) is 11.7. The molecule has 1 N–H and O–H groups in total. The van der Waals surface area contributed by atoms with E-state index < -0.39 is 26.4 Å². The summed E-state index contributed by atoms with van der Waals surface area (Å²) < 4.78 is 53.0. The third-order valence-corrected chi connectivity index (χ3v) is 5.01. The minimum atomic E-state index is -4.65. The van der Waals surface area contributed by atoms with Gasteiger partial charge in [-0.2, -0.15) is 8.78 Å². The minimum Gasteiger partial charge on any atom is -0.483 e. The molecule has 0 aromatic heterocycles. The lowest BCUT2D eigenvalue weighted by atomic mass is 10.1. The van der Waals surface area contributed by atoms with Gasteiger partial charge < -0.3 is 10.1 Å². The summed E-state index contributed by atoms with van der Waals surface area (Å²) in [4.78, 5) is 11.4. The normalized spacial score (nSPS) is 11.4. The summed E-state index contributed by atoms with van der Waals surface area (Å²) in [6, 6.07) is 10.0. The van der Waals surface area contributed by atoms with Gasteiger partial charge in [0.25, 0.3) is 5.91 Å². The molecule has 0 aliphatic rings. The highest BCUT2D eigenvalue weighted by molar-refractivity contribution is 7.91. The zero-order valence-corrected chi connectivity index (χ0v) is 14.4. The van der Waals surface area contributed by atoms with Crippen molar-refractivity contribution in [3.05, 3.63) is 53.6 Å². The predicted octanol–water partition coefficient (Wildman–Crippen LogP) is 3.32. The van der Waals surface area contributed by atoms with E-state index in [-0.39, 0.29) is 12.3 Å². The van der Waals surface area contributed by atoms with Crippen LogP contribution < -0.4 is 10.1 Å². The van der Waals surface area contributed by atoms with Crippen LogP contribution in [0.15, 0.2) is 47.4 Å². The summed E-state index contributed by atoms with van der Waals surface area (Å²) in [6.07, 6.45) is 0. The summed E-state index contributed by atoms with van der Waals surface area (Å²) in [6.45, 7) is 3.57. The molecule has 134 valence electrons. The van der Waals surface area contributed by atoms with Crippen molar-refractivity contribution in [2.75, 3.05) is 11.9 Å². The number of benzene rings is 2. The van der Waals surface area contributed by atoms with Gasteiger partial charge >= 0.3 is 5.76 Å². The van der Waals surface area contributed by atoms with Crippen molar-refractivity contribution in [3.63, 3.8) is 0 Å². The van der Waals surface area contributed by atoms with Gasteiger partial charge in [-0.1, -0.05) is 12.1 Å². The number of carbonyl (C=O) groups excluding carboxylic acids is 1. The number of hydrogen-bond acceptors (Lipinski definition) is 4. The molecule has 0 radical (unpaired) electrons. The fraction of sp³-hybridized carbons (Fsp3) is 0.235. The highest BCUT2D eigenvalue weighted by Gasteiger charge is 2.26. The number of anilines is 1. The van der Waals surface area contributed by atoms with Crippen LogP contribution in [-0.2, 0) is 14.6 Å². The molecule has 0 fully saturated rings. The number of amides is 1. The van der Waals surface area contributed by atoms with E-state index in [1.807, 2.05) is 26.0 Å². The molecule has 0 atom stereocenters. The maximum Gasteiger partial charge on any atom is 0.341 e. The first-order valence-electron chi connectivity index (χ1n) is 7.33. The Hall–Kier alpha value is -2.48. The van der Waals surface area contributed by atoms with Crippen LogP contribution in [0.1, 0.15) is 11.1 Å². The average molecular weight is 369 g/mol. The second-order valence-corrected chi connectivity index (χ2v) is 7.28. The third kappa shape index (κ3) is 4.54. The molecule has 2 aromatic carbocycles. The molecule has 0 aliphatic heterocycles. The molecule has 2 rings (SSSR count). The van der Waals surface area contributed by atoms with Gasteiger partial charge in [0.2, 0.25) is 9.84 Å². The molecule has 8 heteroatoms. The second kappa shape index (κ2) is 7.60. The fourth-order valence-electron chi connectivity index (χ4n) is 2.05. The molecular weight excluding hydrogens is 352 g/mol. The lowest BCUT2D eigenvalue weighted by molar-refractivity contribution is -0.118. The Labute approximate surface area is 144 Å². The number of nitrogens with one attached hydrogen (secondary N) is 1. The number of halogens is 2. The first kappa shape index (κ1) is 18.9. The van der Waals surface area contributed by atoms with Crippen LogP contribution in [0.25, 0.3) is 0 Å². The highest BCUT2D eigenvalue weighted by atomic mass is 32.2. The van der Waals surface area contributed by atoms with Gasteiger partial charge in [-0.25, -0.2) is 8.42 Å². The Morgan fingerprint density at radius 3 is 2.36 bits per heavy atom. The van der Waals surface area contributed by atoms with Crippen molar-refractivity contribution >= 4 is 21.4 Å². The Balaban J connectivity index is 1.98. The zero-order chi connectivity index (χ0) is 18.6. The quantitative estimate of drug-likeness (QED) is 0.848. The van der Waals surface area contributed by atoms with E-state index in [4.69, 9.17) is 4.74 Å². The minimum absolute atomic E-state index is 0.235. The number of alkyl halides is 2. The molecule has 0 unspecified atom stereocenters. The van der Waals surface area contributed by atoms with Crippen molar-refractivity contribution in [2.24, 2.45) is 0 Å². The molecule has 5 nitrogen and oxygen atoms in total. The van der Waals surface area contributed by atoms with E-state index in [0.29, 0.717) is 5.75 Å². The number of aryl methyl sites for hydroxylation is 1. The van der Waals surface area contributed by atoms with Gasteiger partial charge in [0.1, 0.15) is 5.75 Å². The van der Waals surface area contributed by atoms with E-state index in [2.05, 4.69) is 5.32 Å². The first-order valence-corrected chi connectivity index (χ1v) is 8.87. The van der Waals surface area contributed by atoms with Gasteiger partial charge in [-0.3, -0.25) is 4.79 Å². The fourth-order valence-corrected chi connectivity index (χ4v) is 2.77. The monoisotopic (exact) mass is 369 g/mol. The van der Waals surface area contributed by atoms with E-state index in [0.717, 1.165) is 23.3 Å². The van der Waals surface area contributed by atoms with Crippen LogP contribution in [0.4, 0.5) is 14.5 Å². The van der Waals surface area contributed by atoms with Crippen LogP contribution >= 0.6 is 0 Å². The van der Waals surface area contributed by atoms with Gasteiger partial charge in [0, 0.05) is 5.69 Å². The summed E-state index contributed by atoms with van der Waals surface area (Å²) in [7, 11) is -4.65. The second-order valence-electron chi connectivity index (χ2n) is 5.36. The third-order valence-electron chi connectivity index (χ3n) is 3.61. The van der Waals surface area contributed by atoms with Crippen LogP contribution in [-0.4, -0.2) is 26.7 Å². The summed E-state index contributed by atoms with van der Waals surface area (Å²) in [5, 5.41) is 2.51. The van der Waals surface area contributed by atoms with Gasteiger partial charge in [0.05, 0.1) is 4.90 Å². The van der Waals surface area contributed by atoms with Crippen LogP contribution in [0, 0.1) is 13.8 Å². The molecule has 0 saturated heterocycles. The van der Waals surface area contributed by atoms with Crippen LogP contribution in [0.5, 0.6) is 5.75 Å². The van der Waals surface area contributed by atoms with Crippen molar-refractivity contribution < 1.29 is 26.7 Å². The summed E-state index contributed by atoms with van der Waals surface area (Å²) >= 11 is 0. The van der Waals surface area contributed by atoms with Crippen LogP contribution in [0.3, 0.4) is 0 Å². The van der Waals surface area contributed by atoms with E-state index >= 15 is 0 Å². The van der Waals surface area contributed by atoms with Gasteiger partial charge in [0.15, 0.2) is 6.61 Å². The lowest BCUT2D eigenvalue weighted by Crippen LogP contribution is -2.20. The van der Waals surface area contributed by atoms with Crippen molar-refractivity contribution in [1.82, 2.24) is 0 Å². The largest absolute Gasteiger partial charge is 0.483 e. The summed E-state index contributed by atoms with van der Waals surface area (Å²) in [5.41, 5.74) is 2.24. The Bertz CT molecular complexity index is 865. The molecule has 25 heavy (non-hydrogen) atoms. The number of carbonyl (C=O) groups is 1. The average Bonchev–Trinajstić information content (AvgIpc) is 2.56. The van der Waals surface area contributed by atoms with Crippen molar-refractivity contribution in [1.29, 1.82) is 0 Å². The molecule has 2 aromatic rings. The Morgan fingerprint density at radius 1 is 1.12 bits per heavy atom. The molecule has 0 spiro atoms. The Kier molecular flexibility index (Phi) is 5.73. The van der Waals surface area contributed by atoms with E-state index in [1.54, 1.807) is 6.07 Å². The predicted molar refractivity (Wildman–Crippen MR) is 89.7 cm³/mol. The van der Waals surface area contributed by atoms with Crippen LogP contribution in [0.2, 0.25) is 0 Å². The molecule has 0 saturated carbocycles. The van der Waals surface area contributed by atoms with E-state index in [9.17, 15) is 22.0 Å². The van der Waals surface area contributed by atoms with Crippen molar-refractivity contribution in [3.8, 4) is 5.75 Å². The number of ether oxygens (including phenoxy) is 1. The maximum atomic E-state index is 12.5. The summed E-state index contributed by atoms with van der Waals surface area (Å²) in [5.74, 6) is -3.35. The van der Waals surface area contributed by atoms with Gasteiger partial charge in [-0.15, -0.1) is 0 Å². The molecule has 0 heterocycles. The van der Waals surface area contributed by atoms with Crippen molar-refractivity contribution in [2.45, 2.75) is 24.5 Å². The van der Waals surface area contributed by atoms with E-state index in [1.165, 1.54) is 12.1 Å². The number of sulfone groups is 1. The van der Waals surface area contributed by atoms with Gasteiger partial charge in [-0.05, 0) is 55.3 Å². The Morgan fingerprint density at radius 2 is 1.76 bits per heavy atom. The highest BCUT2D eigenvalue weighted by Crippen LogP contribution is 2.21. The maximum absolute atomic E-state index is 12.5. The molecular formula is C17H17F2NO4S. The number of rotatable bonds is 6. The standard InChI is InChI=1S/C17H17F2NO4S/c1-11-4-3-5-15(12(11)2)24-10-16(21)20-13-6-8-14(9-7-13)25(22,23)17(18)19/h3-9,17H,10H2,1-2H3,(H,20,21). The molecule has 0 bridgehead atoms. The SMILES string of the molecule is Cc1cccc(OCC(=O)Nc2ccc(S(=O)(=O)C(F)F)cc2)c1C. The smallest absolute Gasteiger partial charge is 0.341 e. The molecule has 0 aliphatic carbocycles. The number of hydrogen-bond donors (Lipinski definition) is 1. The lowest BCUT2D eigenvalue weighted by Gasteiger charge is -2.11. The topological polar surface area (TPSA) is 72.5 Å². The molecule has 1 amide bonds.